The molecule has 0 amide bonds. The van der Waals surface area contributed by atoms with Crippen molar-refractivity contribution in [2.75, 3.05) is 14.2 Å². The quantitative estimate of drug-likeness (QED) is 0.381. The highest BCUT2D eigenvalue weighted by Crippen LogP contribution is 2.29. The maximum Gasteiger partial charge on any atom is 0.360 e. The van der Waals surface area contributed by atoms with E-state index in [1.165, 1.54) is 19.8 Å². The number of aryl methyl sites for hydroxylation is 2. The zero-order valence-electron chi connectivity index (χ0n) is 16.0. The van der Waals surface area contributed by atoms with Gasteiger partial charge in [-0.15, -0.1) is 0 Å². The second kappa shape index (κ2) is 9.01. The molecule has 0 aliphatic heterocycles. The number of fused-ring (bicyclic) bond motifs is 1. The van der Waals surface area contributed by atoms with Crippen LogP contribution in [0.25, 0.3) is 0 Å². The highest BCUT2D eigenvalue weighted by molar-refractivity contribution is 9.10. The van der Waals surface area contributed by atoms with Crippen LogP contribution in [0.4, 0.5) is 0 Å². The van der Waals surface area contributed by atoms with Gasteiger partial charge in [-0.3, -0.25) is 0 Å². The molecule has 0 saturated carbocycles. The highest BCUT2D eigenvalue weighted by Gasteiger charge is 2.22. The second-order valence-electron chi connectivity index (χ2n) is 6.30. The van der Waals surface area contributed by atoms with E-state index in [1.807, 2.05) is 31.2 Å². The lowest BCUT2D eigenvalue weighted by Crippen LogP contribution is -2.20. The molecule has 0 spiro atoms. The lowest BCUT2D eigenvalue weighted by Gasteiger charge is -2.12. The number of methoxy groups -OCH3 is 1. The summed E-state index contributed by atoms with van der Waals surface area (Å²) in [4.78, 5) is 22.6. The van der Waals surface area contributed by atoms with Crippen LogP contribution in [-0.4, -0.2) is 31.6 Å². The molecule has 0 radical (unpaired) electrons. The monoisotopic (exact) mass is 444 g/mol. The Balaban J connectivity index is 1.87. The molecule has 1 aliphatic rings. The first-order valence-electron chi connectivity index (χ1n) is 8.81. The van der Waals surface area contributed by atoms with Gasteiger partial charge in [-0.05, 0) is 37.0 Å². The molecule has 0 atom stereocenters. The van der Waals surface area contributed by atoms with Gasteiger partial charge in [0.1, 0.15) is 13.7 Å². The van der Waals surface area contributed by atoms with E-state index in [-0.39, 0.29) is 12.3 Å². The molecule has 6 nitrogen and oxygen atoms in total. The number of esters is 1. The molecule has 7 heteroatoms. The van der Waals surface area contributed by atoms with Crippen molar-refractivity contribution >= 4 is 33.3 Å². The van der Waals surface area contributed by atoms with Gasteiger partial charge in [-0.1, -0.05) is 56.6 Å². The lowest BCUT2D eigenvalue weighted by molar-refractivity contribution is -0.132. The molecule has 0 fully saturated rings. The molecule has 1 aliphatic carbocycles. The molecule has 0 aromatic heterocycles. The second-order valence-corrected chi connectivity index (χ2v) is 7.15. The Morgan fingerprint density at radius 3 is 2.68 bits per heavy atom. The van der Waals surface area contributed by atoms with Crippen molar-refractivity contribution in [3.05, 3.63) is 68.7 Å². The van der Waals surface area contributed by atoms with Crippen molar-refractivity contribution in [2.45, 2.75) is 26.4 Å². The summed E-state index contributed by atoms with van der Waals surface area (Å²) in [5.41, 5.74) is 5.72. The predicted octanol–water partition coefficient (Wildman–Crippen LogP) is 4.15. The summed E-state index contributed by atoms with van der Waals surface area (Å²) in [5.74, 6) is -0.575. The molecule has 0 saturated heterocycles. The number of halogens is 1. The highest BCUT2D eigenvalue weighted by atomic mass is 79.9. The van der Waals surface area contributed by atoms with Crippen molar-refractivity contribution in [1.29, 1.82) is 0 Å². The van der Waals surface area contributed by atoms with Gasteiger partial charge in [0.05, 0.1) is 12.8 Å². The van der Waals surface area contributed by atoms with Crippen molar-refractivity contribution < 1.29 is 19.2 Å². The summed E-state index contributed by atoms with van der Waals surface area (Å²) >= 11 is 3.59. The first-order chi connectivity index (χ1) is 13.6. The predicted molar refractivity (Wildman–Crippen MR) is 111 cm³/mol. The minimum absolute atomic E-state index is 0.0916. The Morgan fingerprint density at radius 2 is 1.93 bits per heavy atom. The molecule has 3 rings (SSSR count). The van der Waals surface area contributed by atoms with Gasteiger partial charge in [-0.25, -0.2) is 4.79 Å². The fourth-order valence-corrected chi connectivity index (χ4v) is 3.88. The average molecular weight is 445 g/mol. The van der Waals surface area contributed by atoms with E-state index in [0.717, 1.165) is 39.7 Å². The zero-order valence-corrected chi connectivity index (χ0v) is 17.6. The Morgan fingerprint density at radius 1 is 1.14 bits per heavy atom. The number of nitrogens with zero attached hydrogens (tertiary/aromatic N) is 2. The molecule has 0 bridgehead atoms. The van der Waals surface area contributed by atoms with E-state index < -0.39 is 5.97 Å². The number of hydrogen-bond acceptors (Lipinski definition) is 6. The minimum atomic E-state index is -0.575. The van der Waals surface area contributed by atoms with E-state index in [2.05, 4.69) is 32.3 Å². The van der Waals surface area contributed by atoms with Gasteiger partial charge in [0.2, 0.25) is 0 Å². The van der Waals surface area contributed by atoms with Crippen molar-refractivity contribution in [3.8, 4) is 0 Å². The molecule has 28 heavy (non-hydrogen) atoms. The number of benzene rings is 2. The van der Waals surface area contributed by atoms with Crippen LogP contribution in [0.3, 0.4) is 0 Å². The summed E-state index contributed by atoms with van der Waals surface area (Å²) in [6.45, 7) is 2.14. The van der Waals surface area contributed by atoms with Crippen LogP contribution in [0, 0.1) is 6.92 Å². The Kier molecular flexibility index (Phi) is 6.46. The molecule has 0 N–H and O–H groups in total. The van der Waals surface area contributed by atoms with Crippen molar-refractivity contribution in [1.82, 2.24) is 0 Å². The van der Waals surface area contributed by atoms with Gasteiger partial charge in [-0.2, -0.15) is 0 Å². The molecule has 0 unspecified atom stereocenters. The van der Waals surface area contributed by atoms with Gasteiger partial charge in [0.25, 0.3) is 0 Å². The van der Waals surface area contributed by atoms with Crippen LogP contribution in [-0.2, 0) is 32.2 Å². The Bertz CT molecular complexity index is 953. The number of rotatable bonds is 6. The molecule has 2 aromatic rings. The van der Waals surface area contributed by atoms with Crippen LogP contribution in [0.15, 0.2) is 51.2 Å². The van der Waals surface area contributed by atoms with E-state index in [1.54, 1.807) is 6.07 Å². The van der Waals surface area contributed by atoms with E-state index in [4.69, 9.17) is 14.4 Å². The van der Waals surface area contributed by atoms with Gasteiger partial charge < -0.3 is 14.4 Å². The molecule has 2 aromatic carbocycles. The van der Waals surface area contributed by atoms with Crippen LogP contribution >= 0.6 is 15.9 Å². The number of carbonyl (C=O) groups excluding carboxylic acids is 1. The summed E-state index contributed by atoms with van der Waals surface area (Å²) in [7, 11) is 2.69. The number of hydrogen-bond donors (Lipinski definition) is 0. The van der Waals surface area contributed by atoms with Crippen LogP contribution in [0.1, 0.15) is 34.2 Å². The third kappa shape index (κ3) is 4.09. The van der Waals surface area contributed by atoms with Gasteiger partial charge in [0.15, 0.2) is 5.71 Å². The van der Waals surface area contributed by atoms with Crippen LogP contribution < -0.4 is 0 Å². The third-order valence-electron chi connectivity index (χ3n) is 4.63. The zero-order chi connectivity index (χ0) is 20.1. The van der Waals surface area contributed by atoms with Crippen LogP contribution in [0.2, 0.25) is 0 Å². The summed E-state index contributed by atoms with van der Waals surface area (Å²) in [5, 5.41) is 8.21. The molecule has 146 valence electrons. The summed E-state index contributed by atoms with van der Waals surface area (Å²) in [6.07, 6.45) is 1.77. The SMILES string of the molecule is CO/N=C(/C(=O)OC)c1cccc(C)c1CO/N=C1\CCc2cccc(Br)c21. The standard InChI is InChI=1S/C21H21BrN2O4/c1-13-6-4-8-15(20(24-27-3)21(25)26-2)16(13)12-28-23-18-11-10-14-7-5-9-17(22)19(14)18/h4-9H,10-12H2,1-3H3/b23-18+,24-20+. The third-order valence-corrected chi connectivity index (χ3v) is 5.29. The first-order valence-corrected chi connectivity index (χ1v) is 9.61. The minimum Gasteiger partial charge on any atom is -0.464 e. The van der Waals surface area contributed by atoms with Crippen LogP contribution in [0.5, 0.6) is 0 Å². The van der Waals surface area contributed by atoms with Gasteiger partial charge >= 0.3 is 5.97 Å². The van der Waals surface area contributed by atoms with E-state index in [9.17, 15) is 4.79 Å². The van der Waals surface area contributed by atoms with E-state index >= 15 is 0 Å². The number of ether oxygens (including phenoxy) is 1. The molecule has 0 heterocycles. The first kappa shape index (κ1) is 20.1. The number of oxime groups is 2. The van der Waals surface area contributed by atoms with Crippen molar-refractivity contribution in [3.63, 3.8) is 0 Å². The normalized spacial score (nSPS) is 14.7. The summed E-state index contributed by atoms with van der Waals surface area (Å²) in [6, 6.07) is 11.7. The number of carbonyl (C=O) groups is 1. The summed E-state index contributed by atoms with van der Waals surface area (Å²) < 4.78 is 5.84. The molecular formula is C21H21BrN2O4. The largest absolute Gasteiger partial charge is 0.464 e. The lowest BCUT2D eigenvalue weighted by atomic mass is 9.99. The van der Waals surface area contributed by atoms with Crippen molar-refractivity contribution in [2.24, 2.45) is 10.3 Å². The Labute approximate surface area is 172 Å². The fourth-order valence-electron chi connectivity index (χ4n) is 3.24. The Hall–Kier alpha value is -2.67. The van der Waals surface area contributed by atoms with E-state index in [0.29, 0.717) is 5.56 Å². The molecular weight excluding hydrogens is 424 g/mol. The smallest absolute Gasteiger partial charge is 0.360 e. The topological polar surface area (TPSA) is 69.5 Å². The fraction of sp³-hybridized carbons (Fsp3) is 0.286. The maximum absolute atomic E-state index is 12.1. The maximum atomic E-state index is 12.1. The van der Waals surface area contributed by atoms with Gasteiger partial charge in [0, 0.05) is 21.2 Å². The average Bonchev–Trinajstić information content (AvgIpc) is 3.11.